The predicted molar refractivity (Wildman–Crippen MR) is 106 cm³/mol. The molecular formula is C19H13Br2FN2O3. The van der Waals surface area contributed by atoms with Gasteiger partial charge in [0.15, 0.2) is 10.4 Å². The van der Waals surface area contributed by atoms with Crippen molar-refractivity contribution in [1.29, 1.82) is 0 Å². The number of carbonyl (C=O) groups excluding carboxylic acids is 2. The summed E-state index contributed by atoms with van der Waals surface area (Å²) in [7, 11) is 0. The SMILES string of the molecule is O=C(NCc1cc(Br)ccc1F)c1cccc(NC(=O)c2ccc(Br)o2)c1. The molecule has 0 saturated heterocycles. The quantitative estimate of drug-likeness (QED) is 0.515. The summed E-state index contributed by atoms with van der Waals surface area (Å²) in [5.41, 5.74) is 1.14. The molecule has 0 atom stereocenters. The fourth-order valence-electron chi connectivity index (χ4n) is 2.32. The Balaban J connectivity index is 1.66. The lowest BCUT2D eigenvalue weighted by atomic mass is 10.1. The molecule has 0 aliphatic heterocycles. The van der Waals surface area contributed by atoms with Crippen LogP contribution in [0.25, 0.3) is 0 Å². The van der Waals surface area contributed by atoms with Crippen LogP contribution in [0.15, 0.2) is 68.2 Å². The second kappa shape index (κ2) is 8.49. The van der Waals surface area contributed by atoms with Crippen molar-refractivity contribution in [3.63, 3.8) is 0 Å². The Morgan fingerprint density at radius 3 is 2.56 bits per heavy atom. The van der Waals surface area contributed by atoms with E-state index in [9.17, 15) is 14.0 Å². The van der Waals surface area contributed by atoms with Crippen LogP contribution in [0.4, 0.5) is 10.1 Å². The molecule has 3 aromatic rings. The molecule has 2 aromatic carbocycles. The molecule has 0 unspecified atom stereocenters. The highest BCUT2D eigenvalue weighted by Gasteiger charge is 2.13. The zero-order valence-corrected chi connectivity index (χ0v) is 16.9. The molecule has 0 spiro atoms. The van der Waals surface area contributed by atoms with Gasteiger partial charge in [-0.3, -0.25) is 9.59 Å². The largest absolute Gasteiger partial charge is 0.444 e. The average Bonchev–Trinajstić information content (AvgIpc) is 3.09. The number of halogens is 3. The highest BCUT2D eigenvalue weighted by atomic mass is 79.9. The Hall–Kier alpha value is -2.45. The third-order valence-electron chi connectivity index (χ3n) is 3.63. The van der Waals surface area contributed by atoms with Gasteiger partial charge in [-0.25, -0.2) is 4.39 Å². The Kier molecular flexibility index (Phi) is 6.08. The molecule has 5 nitrogen and oxygen atoms in total. The van der Waals surface area contributed by atoms with E-state index in [1.807, 2.05) is 0 Å². The van der Waals surface area contributed by atoms with Gasteiger partial charge in [0.25, 0.3) is 11.8 Å². The molecule has 138 valence electrons. The number of amides is 2. The lowest BCUT2D eigenvalue weighted by Gasteiger charge is -2.09. The molecule has 0 fully saturated rings. The minimum Gasteiger partial charge on any atom is -0.444 e. The minimum atomic E-state index is -0.436. The maximum Gasteiger partial charge on any atom is 0.291 e. The van der Waals surface area contributed by atoms with Crippen molar-refractivity contribution >= 4 is 49.4 Å². The molecule has 3 rings (SSSR count). The molecule has 27 heavy (non-hydrogen) atoms. The van der Waals surface area contributed by atoms with Gasteiger partial charge in [0.05, 0.1) is 0 Å². The lowest BCUT2D eigenvalue weighted by Crippen LogP contribution is -2.23. The van der Waals surface area contributed by atoms with Crippen LogP contribution in [0.5, 0.6) is 0 Å². The minimum absolute atomic E-state index is 0.0428. The molecular weight excluding hydrogens is 483 g/mol. The van der Waals surface area contributed by atoms with Crippen LogP contribution >= 0.6 is 31.9 Å². The summed E-state index contributed by atoms with van der Waals surface area (Å²) in [6.45, 7) is 0.0428. The van der Waals surface area contributed by atoms with Gasteiger partial charge in [-0.2, -0.15) is 0 Å². The third-order valence-corrected chi connectivity index (χ3v) is 4.55. The number of carbonyl (C=O) groups is 2. The van der Waals surface area contributed by atoms with Gasteiger partial charge in [-0.1, -0.05) is 22.0 Å². The average molecular weight is 496 g/mol. The number of hydrogen-bond acceptors (Lipinski definition) is 3. The van der Waals surface area contributed by atoms with Crippen molar-refractivity contribution in [3.05, 3.63) is 86.4 Å². The van der Waals surface area contributed by atoms with Gasteiger partial charge < -0.3 is 15.1 Å². The zero-order chi connectivity index (χ0) is 19.4. The lowest BCUT2D eigenvalue weighted by molar-refractivity contribution is 0.0948. The zero-order valence-electron chi connectivity index (χ0n) is 13.8. The molecule has 2 N–H and O–H groups in total. The maximum atomic E-state index is 13.8. The smallest absolute Gasteiger partial charge is 0.291 e. The first-order chi connectivity index (χ1) is 12.9. The highest BCUT2D eigenvalue weighted by Crippen LogP contribution is 2.18. The first kappa shape index (κ1) is 19.3. The monoisotopic (exact) mass is 494 g/mol. The van der Waals surface area contributed by atoms with Crippen molar-refractivity contribution in [2.75, 3.05) is 5.32 Å². The molecule has 0 aliphatic rings. The van der Waals surface area contributed by atoms with E-state index in [1.54, 1.807) is 36.4 Å². The molecule has 0 aliphatic carbocycles. The summed E-state index contributed by atoms with van der Waals surface area (Å²) in [5, 5.41) is 5.32. The second-order valence-electron chi connectivity index (χ2n) is 5.56. The van der Waals surface area contributed by atoms with E-state index in [0.717, 1.165) is 4.47 Å². The maximum absolute atomic E-state index is 13.8. The Bertz CT molecular complexity index is 1000. The summed E-state index contributed by atoms with van der Waals surface area (Å²) in [6, 6.07) is 14.1. The van der Waals surface area contributed by atoms with Crippen LogP contribution in [0.3, 0.4) is 0 Å². The Morgan fingerprint density at radius 1 is 1.00 bits per heavy atom. The second-order valence-corrected chi connectivity index (χ2v) is 7.25. The summed E-state index contributed by atoms with van der Waals surface area (Å²) < 4.78 is 20.1. The number of furan rings is 1. The van der Waals surface area contributed by atoms with Crippen molar-refractivity contribution in [3.8, 4) is 0 Å². The number of hydrogen-bond donors (Lipinski definition) is 2. The molecule has 1 aromatic heterocycles. The number of nitrogens with one attached hydrogen (secondary N) is 2. The van der Waals surface area contributed by atoms with E-state index in [-0.39, 0.29) is 18.2 Å². The fraction of sp³-hybridized carbons (Fsp3) is 0.0526. The molecule has 0 bridgehead atoms. The fourth-order valence-corrected chi connectivity index (χ4v) is 3.04. The van der Waals surface area contributed by atoms with Gasteiger partial charge in [-0.05, 0) is 64.5 Å². The van der Waals surface area contributed by atoms with Crippen molar-refractivity contribution in [2.45, 2.75) is 6.54 Å². The van der Waals surface area contributed by atoms with E-state index in [2.05, 4.69) is 42.5 Å². The molecule has 2 amide bonds. The topological polar surface area (TPSA) is 71.3 Å². The molecule has 0 saturated carbocycles. The highest BCUT2D eigenvalue weighted by molar-refractivity contribution is 9.10. The van der Waals surface area contributed by atoms with Crippen molar-refractivity contribution < 1.29 is 18.4 Å². The van der Waals surface area contributed by atoms with Crippen molar-refractivity contribution in [2.24, 2.45) is 0 Å². The van der Waals surface area contributed by atoms with Crippen LogP contribution < -0.4 is 10.6 Å². The van der Waals surface area contributed by atoms with Gasteiger partial charge in [0.2, 0.25) is 0 Å². The van der Waals surface area contributed by atoms with Gasteiger partial charge in [-0.15, -0.1) is 0 Å². The number of anilines is 1. The van der Waals surface area contributed by atoms with Crippen LogP contribution in [0.1, 0.15) is 26.5 Å². The van der Waals surface area contributed by atoms with Gasteiger partial charge in [0, 0.05) is 27.8 Å². The number of benzene rings is 2. The van der Waals surface area contributed by atoms with E-state index < -0.39 is 11.7 Å². The summed E-state index contributed by atoms with van der Waals surface area (Å²) >= 11 is 6.40. The Morgan fingerprint density at radius 2 is 1.81 bits per heavy atom. The van der Waals surface area contributed by atoms with Crippen LogP contribution in [-0.2, 0) is 6.54 Å². The van der Waals surface area contributed by atoms with E-state index in [0.29, 0.717) is 21.5 Å². The molecule has 1 heterocycles. The predicted octanol–water partition coefficient (Wildman–Crippen LogP) is 5.13. The van der Waals surface area contributed by atoms with E-state index in [4.69, 9.17) is 4.42 Å². The van der Waals surface area contributed by atoms with Crippen molar-refractivity contribution in [1.82, 2.24) is 5.32 Å². The summed E-state index contributed by atoms with van der Waals surface area (Å²) in [4.78, 5) is 24.5. The van der Waals surface area contributed by atoms with E-state index in [1.165, 1.54) is 18.2 Å². The standard InChI is InChI=1S/C19H13Br2FN2O3/c20-13-4-5-15(22)12(8-13)10-23-18(25)11-2-1-3-14(9-11)24-19(26)16-6-7-17(21)27-16/h1-9H,10H2,(H,23,25)(H,24,26). The van der Waals surface area contributed by atoms with Crippen LogP contribution in [0, 0.1) is 5.82 Å². The first-order valence-electron chi connectivity index (χ1n) is 7.81. The normalized spacial score (nSPS) is 10.5. The summed E-state index contributed by atoms with van der Waals surface area (Å²) in [6.07, 6.45) is 0. The van der Waals surface area contributed by atoms with Gasteiger partial charge >= 0.3 is 0 Å². The van der Waals surface area contributed by atoms with Gasteiger partial charge in [0.1, 0.15) is 5.82 Å². The van der Waals surface area contributed by atoms with Crippen LogP contribution in [-0.4, -0.2) is 11.8 Å². The molecule has 8 heteroatoms. The van der Waals surface area contributed by atoms with Crippen LogP contribution in [0.2, 0.25) is 0 Å². The summed E-state index contributed by atoms with van der Waals surface area (Å²) in [5.74, 6) is -1.08. The Labute approximate surface area is 171 Å². The van der Waals surface area contributed by atoms with E-state index >= 15 is 0 Å². The number of rotatable bonds is 5. The third kappa shape index (κ3) is 5.05. The molecule has 0 radical (unpaired) electrons. The first-order valence-corrected chi connectivity index (χ1v) is 9.40.